The van der Waals surface area contributed by atoms with Gasteiger partial charge in [-0.3, -0.25) is 4.79 Å². The lowest BCUT2D eigenvalue weighted by atomic mass is 10.1. The average Bonchev–Trinajstić information content (AvgIpc) is 2.74. The molecule has 0 unspecified atom stereocenters. The summed E-state index contributed by atoms with van der Waals surface area (Å²) in [6, 6.07) is 11.5. The van der Waals surface area contributed by atoms with Crippen LogP contribution in [-0.4, -0.2) is 38.7 Å². The zero-order valence-electron chi connectivity index (χ0n) is 17.5. The third-order valence-electron chi connectivity index (χ3n) is 4.25. The van der Waals surface area contributed by atoms with E-state index in [0.717, 1.165) is 19.3 Å². The number of ether oxygens (including phenoxy) is 2. The third kappa shape index (κ3) is 7.63. The average molecular weight is 415 g/mol. The smallest absolute Gasteiger partial charge is 0.319 e. The number of benzene rings is 2. The molecule has 0 aliphatic rings. The van der Waals surface area contributed by atoms with Crippen LogP contribution in [0.15, 0.2) is 42.5 Å². The lowest BCUT2D eigenvalue weighted by molar-refractivity contribution is 0.0935. The first-order valence-corrected chi connectivity index (χ1v) is 10.0. The van der Waals surface area contributed by atoms with Crippen molar-refractivity contribution in [1.82, 2.24) is 10.6 Å². The number of nitrogens with one attached hydrogen (secondary N) is 3. The summed E-state index contributed by atoms with van der Waals surface area (Å²) in [6.07, 6.45) is 3.06. The molecular weight excluding hydrogens is 384 g/mol. The lowest BCUT2D eigenvalue weighted by Gasteiger charge is -2.14. The van der Waals surface area contributed by atoms with Crippen molar-refractivity contribution in [3.63, 3.8) is 0 Å². The van der Waals surface area contributed by atoms with E-state index in [2.05, 4.69) is 22.9 Å². The zero-order chi connectivity index (χ0) is 21.8. The van der Waals surface area contributed by atoms with Gasteiger partial charge < -0.3 is 31.2 Å². The summed E-state index contributed by atoms with van der Waals surface area (Å²) in [4.78, 5) is 24.8. The summed E-state index contributed by atoms with van der Waals surface area (Å²) in [5.41, 5.74) is 7.11. The first kappa shape index (κ1) is 23.0. The first-order chi connectivity index (χ1) is 14.5. The maximum Gasteiger partial charge on any atom is 0.319 e. The Balaban J connectivity index is 2.14. The molecule has 0 bridgehead atoms. The van der Waals surface area contributed by atoms with Gasteiger partial charge in [-0.1, -0.05) is 19.8 Å². The molecule has 2 rings (SSSR count). The van der Waals surface area contributed by atoms with E-state index in [0.29, 0.717) is 48.1 Å². The largest absolute Gasteiger partial charge is 0.457 e. The molecular formula is C22H30N4O4. The van der Waals surface area contributed by atoms with Crippen LogP contribution in [0.25, 0.3) is 0 Å². The van der Waals surface area contributed by atoms with Crippen LogP contribution in [0.5, 0.6) is 11.5 Å². The molecule has 0 heterocycles. The Morgan fingerprint density at radius 2 is 1.77 bits per heavy atom. The molecule has 0 spiro atoms. The van der Waals surface area contributed by atoms with Gasteiger partial charge in [0, 0.05) is 31.6 Å². The highest BCUT2D eigenvalue weighted by atomic mass is 16.5. The van der Waals surface area contributed by atoms with E-state index in [1.807, 2.05) is 0 Å². The quantitative estimate of drug-likeness (QED) is 0.330. The predicted molar refractivity (Wildman–Crippen MR) is 118 cm³/mol. The number of anilines is 2. The number of unbranched alkanes of at least 4 members (excludes halogenated alkanes) is 2. The standard InChI is InChI=1S/C22H30N4O4/c1-3-4-5-12-25-22(28)26-17-8-11-20(30-18-9-6-16(23)7-10-18)19(15-17)21(27)24-13-14-29-2/h6-11,15H,3-5,12-14,23H2,1-2H3,(H,24,27)(H2,25,26,28). The van der Waals surface area contributed by atoms with Gasteiger partial charge in [-0.25, -0.2) is 4.79 Å². The highest BCUT2D eigenvalue weighted by molar-refractivity contribution is 5.99. The van der Waals surface area contributed by atoms with Crippen LogP contribution < -0.4 is 26.4 Å². The topological polar surface area (TPSA) is 115 Å². The summed E-state index contributed by atoms with van der Waals surface area (Å²) in [5, 5.41) is 8.33. The Morgan fingerprint density at radius 1 is 1.00 bits per heavy atom. The normalized spacial score (nSPS) is 10.3. The van der Waals surface area contributed by atoms with Gasteiger partial charge in [0.15, 0.2) is 0 Å². The van der Waals surface area contributed by atoms with Crippen LogP contribution in [0, 0.1) is 0 Å². The Labute approximate surface area is 177 Å². The van der Waals surface area contributed by atoms with Crippen LogP contribution in [0.4, 0.5) is 16.2 Å². The molecule has 5 N–H and O–H groups in total. The minimum atomic E-state index is -0.329. The highest BCUT2D eigenvalue weighted by Crippen LogP contribution is 2.28. The number of nitrogens with two attached hydrogens (primary N) is 1. The number of amides is 3. The van der Waals surface area contributed by atoms with E-state index in [4.69, 9.17) is 15.2 Å². The second-order valence-corrected chi connectivity index (χ2v) is 6.72. The molecule has 2 aromatic carbocycles. The number of hydrogen-bond donors (Lipinski definition) is 4. The fourth-order valence-electron chi connectivity index (χ4n) is 2.65. The maximum atomic E-state index is 12.7. The molecule has 0 saturated carbocycles. The minimum Gasteiger partial charge on any atom is -0.457 e. The molecule has 8 heteroatoms. The number of urea groups is 1. The lowest BCUT2D eigenvalue weighted by Crippen LogP contribution is -2.30. The van der Waals surface area contributed by atoms with Gasteiger partial charge in [0.05, 0.1) is 12.2 Å². The van der Waals surface area contributed by atoms with Crippen molar-refractivity contribution in [2.24, 2.45) is 0 Å². The van der Waals surface area contributed by atoms with Gasteiger partial charge in [0.25, 0.3) is 5.91 Å². The van der Waals surface area contributed by atoms with Crippen LogP contribution >= 0.6 is 0 Å². The monoisotopic (exact) mass is 414 g/mol. The minimum absolute atomic E-state index is 0.298. The van der Waals surface area contributed by atoms with Crippen LogP contribution in [0.3, 0.4) is 0 Å². The molecule has 30 heavy (non-hydrogen) atoms. The number of carbonyl (C=O) groups excluding carboxylic acids is 2. The molecule has 0 aliphatic heterocycles. The summed E-state index contributed by atoms with van der Waals surface area (Å²) >= 11 is 0. The van der Waals surface area contributed by atoms with E-state index < -0.39 is 0 Å². The van der Waals surface area contributed by atoms with Crippen molar-refractivity contribution in [2.45, 2.75) is 26.2 Å². The van der Waals surface area contributed by atoms with Crippen molar-refractivity contribution >= 4 is 23.3 Å². The van der Waals surface area contributed by atoms with Crippen LogP contribution in [-0.2, 0) is 4.74 Å². The molecule has 0 aliphatic carbocycles. The Morgan fingerprint density at radius 3 is 2.47 bits per heavy atom. The Hall–Kier alpha value is -3.26. The fourth-order valence-corrected chi connectivity index (χ4v) is 2.65. The Kier molecular flexibility index (Phi) is 9.47. The summed E-state index contributed by atoms with van der Waals surface area (Å²) in [6.45, 7) is 3.44. The molecule has 0 radical (unpaired) electrons. The number of nitrogen functional groups attached to an aromatic ring is 1. The molecule has 0 saturated heterocycles. The van der Waals surface area contributed by atoms with Crippen molar-refractivity contribution in [1.29, 1.82) is 0 Å². The maximum absolute atomic E-state index is 12.7. The second-order valence-electron chi connectivity index (χ2n) is 6.72. The number of carbonyl (C=O) groups is 2. The van der Waals surface area contributed by atoms with Gasteiger partial charge in [0.1, 0.15) is 11.5 Å². The predicted octanol–water partition coefficient (Wildman–Crippen LogP) is 3.75. The highest BCUT2D eigenvalue weighted by Gasteiger charge is 2.15. The van der Waals surface area contributed by atoms with Crippen molar-refractivity contribution < 1.29 is 19.1 Å². The van der Waals surface area contributed by atoms with E-state index in [9.17, 15) is 9.59 Å². The summed E-state index contributed by atoms with van der Waals surface area (Å²) in [7, 11) is 1.56. The SMILES string of the molecule is CCCCCNC(=O)Nc1ccc(Oc2ccc(N)cc2)c(C(=O)NCCOC)c1. The number of hydrogen-bond acceptors (Lipinski definition) is 5. The molecule has 2 aromatic rings. The third-order valence-corrected chi connectivity index (χ3v) is 4.25. The molecule has 3 amide bonds. The van der Waals surface area contributed by atoms with Gasteiger partial charge in [-0.15, -0.1) is 0 Å². The molecule has 8 nitrogen and oxygen atoms in total. The van der Waals surface area contributed by atoms with Crippen LogP contribution in [0.2, 0.25) is 0 Å². The van der Waals surface area contributed by atoms with Crippen molar-refractivity contribution in [3.8, 4) is 11.5 Å². The second kappa shape index (κ2) is 12.3. The molecule has 0 fully saturated rings. The number of methoxy groups -OCH3 is 1. The van der Waals surface area contributed by atoms with Gasteiger partial charge in [-0.2, -0.15) is 0 Å². The van der Waals surface area contributed by atoms with Crippen LogP contribution in [0.1, 0.15) is 36.5 Å². The van der Waals surface area contributed by atoms with Crippen molar-refractivity contribution in [2.75, 3.05) is 37.9 Å². The molecule has 0 atom stereocenters. The van der Waals surface area contributed by atoms with Gasteiger partial charge >= 0.3 is 6.03 Å². The zero-order valence-corrected chi connectivity index (χ0v) is 17.5. The molecule has 162 valence electrons. The fraction of sp³-hybridized carbons (Fsp3) is 0.364. The van der Waals surface area contributed by atoms with Gasteiger partial charge in [0.2, 0.25) is 0 Å². The van der Waals surface area contributed by atoms with E-state index >= 15 is 0 Å². The Bertz CT molecular complexity index is 824. The summed E-state index contributed by atoms with van der Waals surface area (Å²) in [5.74, 6) is 0.581. The van der Waals surface area contributed by atoms with E-state index in [-0.39, 0.29) is 11.9 Å². The van der Waals surface area contributed by atoms with E-state index in [1.54, 1.807) is 49.6 Å². The number of rotatable bonds is 11. The first-order valence-electron chi connectivity index (χ1n) is 10.0. The van der Waals surface area contributed by atoms with Gasteiger partial charge in [-0.05, 0) is 48.9 Å². The summed E-state index contributed by atoms with van der Waals surface area (Å²) < 4.78 is 10.8. The van der Waals surface area contributed by atoms with E-state index in [1.165, 1.54) is 0 Å². The van der Waals surface area contributed by atoms with Crippen molar-refractivity contribution in [3.05, 3.63) is 48.0 Å². The molecule has 0 aromatic heterocycles.